The van der Waals surface area contributed by atoms with Crippen molar-refractivity contribution in [2.75, 3.05) is 44.2 Å². The highest BCUT2D eigenvalue weighted by molar-refractivity contribution is 5.47. The van der Waals surface area contributed by atoms with E-state index < -0.39 is 0 Å². The summed E-state index contributed by atoms with van der Waals surface area (Å²) in [6, 6.07) is 0. The zero-order valence-corrected chi connectivity index (χ0v) is 14.5. The number of nitrogens with zero attached hydrogens (tertiary/aromatic N) is 4. The number of aryl methyl sites for hydroxylation is 2. The number of hydrogen-bond donors (Lipinski definition) is 1. The zero-order chi connectivity index (χ0) is 16.2. The second kappa shape index (κ2) is 7.58. The second-order valence-electron chi connectivity index (χ2n) is 7.09. The van der Waals surface area contributed by atoms with Crippen molar-refractivity contribution in [3.05, 3.63) is 17.6 Å². The molecule has 5 heteroatoms. The van der Waals surface area contributed by atoms with Gasteiger partial charge in [-0.1, -0.05) is 13.3 Å². The molecular formula is C18H30N4O. The summed E-state index contributed by atoms with van der Waals surface area (Å²) in [5, 5.41) is 9.83. The predicted molar refractivity (Wildman–Crippen MR) is 92.7 cm³/mol. The Morgan fingerprint density at radius 2 is 1.91 bits per heavy atom. The Bertz CT molecular complexity index is 516. The lowest BCUT2D eigenvalue weighted by molar-refractivity contribution is 0.149. The minimum atomic E-state index is 0.278. The van der Waals surface area contributed by atoms with Gasteiger partial charge in [-0.25, -0.2) is 9.97 Å². The number of aliphatic hydroxyl groups excluding tert-OH is 1. The van der Waals surface area contributed by atoms with E-state index in [9.17, 15) is 5.11 Å². The maximum atomic E-state index is 9.83. The van der Waals surface area contributed by atoms with Crippen LogP contribution in [0.15, 0.2) is 6.20 Å². The Morgan fingerprint density at radius 1 is 1.17 bits per heavy atom. The largest absolute Gasteiger partial charge is 0.396 e. The fourth-order valence-electron chi connectivity index (χ4n) is 4.01. The molecule has 0 amide bonds. The van der Waals surface area contributed by atoms with Gasteiger partial charge in [0.05, 0.1) is 0 Å². The van der Waals surface area contributed by atoms with Gasteiger partial charge < -0.3 is 14.9 Å². The van der Waals surface area contributed by atoms with E-state index >= 15 is 0 Å². The van der Waals surface area contributed by atoms with Crippen LogP contribution in [-0.4, -0.2) is 59.3 Å². The monoisotopic (exact) mass is 318 g/mol. The number of anilines is 1. The van der Waals surface area contributed by atoms with Crippen molar-refractivity contribution < 1.29 is 5.11 Å². The first-order chi connectivity index (χ1) is 11.2. The van der Waals surface area contributed by atoms with E-state index in [-0.39, 0.29) is 6.61 Å². The number of rotatable bonds is 5. The van der Waals surface area contributed by atoms with Crippen LogP contribution in [0.1, 0.15) is 37.6 Å². The first kappa shape index (κ1) is 16.7. The summed E-state index contributed by atoms with van der Waals surface area (Å²) in [5.41, 5.74) is 1.21. The van der Waals surface area contributed by atoms with Gasteiger partial charge in [-0.2, -0.15) is 0 Å². The normalized spacial score (nSPS) is 26.0. The third-order valence-corrected chi connectivity index (χ3v) is 5.39. The Morgan fingerprint density at radius 3 is 2.61 bits per heavy atom. The van der Waals surface area contributed by atoms with Crippen LogP contribution in [0.4, 0.5) is 5.82 Å². The van der Waals surface area contributed by atoms with Crippen molar-refractivity contribution >= 4 is 5.82 Å². The van der Waals surface area contributed by atoms with Gasteiger partial charge in [-0.05, 0) is 45.2 Å². The summed E-state index contributed by atoms with van der Waals surface area (Å²) in [6.45, 7) is 9.87. The Balaban J connectivity index is 1.71. The molecule has 0 unspecified atom stereocenters. The summed E-state index contributed by atoms with van der Waals surface area (Å²) in [5.74, 6) is 2.81. The first-order valence-electron chi connectivity index (χ1n) is 9.12. The van der Waals surface area contributed by atoms with Gasteiger partial charge in [0.1, 0.15) is 11.6 Å². The minimum Gasteiger partial charge on any atom is -0.396 e. The number of aromatic nitrogens is 2. The standard InChI is InChI=1S/C18H30N4O/c1-3-15-9-19-14(2)20-18(15)22-11-16(17(12-22)13-23)10-21-7-5-4-6-8-21/h9,16-17,23H,3-8,10-13H2,1-2H3/t16-,17-/m1/s1. The molecule has 0 spiro atoms. The Kier molecular flexibility index (Phi) is 5.49. The van der Waals surface area contributed by atoms with Crippen molar-refractivity contribution in [2.24, 2.45) is 11.8 Å². The van der Waals surface area contributed by atoms with E-state index in [0.29, 0.717) is 11.8 Å². The van der Waals surface area contributed by atoms with Crippen molar-refractivity contribution in [1.82, 2.24) is 14.9 Å². The smallest absolute Gasteiger partial charge is 0.135 e. The third kappa shape index (κ3) is 3.83. The molecule has 3 rings (SSSR count). The van der Waals surface area contributed by atoms with Gasteiger partial charge >= 0.3 is 0 Å². The third-order valence-electron chi connectivity index (χ3n) is 5.39. The molecule has 1 N–H and O–H groups in total. The van der Waals surface area contributed by atoms with Crippen molar-refractivity contribution in [3.8, 4) is 0 Å². The molecule has 0 bridgehead atoms. The van der Waals surface area contributed by atoms with E-state index in [1.165, 1.54) is 37.9 Å². The highest BCUT2D eigenvalue weighted by Crippen LogP contribution is 2.30. The molecule has 0 saturated carbocycles. The molecule has 2 aliphatic rings. The quantitative estimate of drug-likeness (QED) is 0.898. The van der Waals surface area contributed by atoms with Crippen LogP contribution in [0.2, 0.25) is 0 Å². The summed E-state index contributed by atoms with van der Waals surface area (Å²) in [7, 11) is 0. The lowest BCUT2D eigenvalue weighted by Gasteiger charge is -2.30. The minimum absolute atomic E-state index is 0.278. The number of aliphatic hydroxyl groups is 1. The van der Waals surface area contributed by atoms with E-state index in [1.54, 1.807) is 0 Å². The number of piperidine rings is 1. The SMILES string of the molecule is CCc1cnc(C)nc1N1C[C@@H](CN2CCCCC2)[C@@H](CO)C1. The van der Waals surface area contributed by atoms with Gasteiger partial charge in [-0.3, -0.25) is 0 Å². The molecule has 2 aliphatic heterocycles. The molecule has 0 aliphatic carbocycles. The zero-order valence-electron chi connectivity index (χ0n) is 14.5. The molecular weight excluding hydrogens is 288 g/mol. The molecule has 2 fully saturated rings. The molecule has 5 nitrogen and oxygen atoms in total. The molecule has 23 heavy (non-hydrogen) atoms. The number of hydrogen-bond acceptors (Lipinski definition) is 5. The molecule has 2 saturated heterocycles. The van der Waals surface area contributed by atoms with E-state index in [1.807, 2.05) is 13.1 Å². The summed E-state index contributed by atoms with van der Waals surface area (Å²) in [6.07, 6.45) is 6.93. The maximum Gasteiger partial charge on any atom is 0.135 e. The molecule has 0 aromatic carbocycles. The van der Waals surface area contributed by atoms with Gasteiger partial charge in [0.15, 0.2) is 0 Å². The van der Waals surface area contributed by atoms with Crippen LogP contribution in [0.3, 0.4) is 0 Å². The van der Waals surface area contributed by atoms with Gasteiger partial charge in [0.25, 0.3) is 0 Å². The average molecular weight is 318 g/mol. The molecule has 0 radical (unpaired) electrons. The fourth-order valence-corrected chi connectivity index (χ4v) is 4.01. The van der Waals surface area contributed by atoms with Crippen molar-refractivity contribution in [1.29, 1.82) is 0 Å². The highest BCUT2D eigenvalue weighted by atomic mass is 16.3. The van der Waals surface area contributed by atoms with Crippen LogP contribution in [0.25, 0.3) is 0 Å². The molecule has 3 heterocycles. The van der Waals surface area contributed by atoms with E-state index in [2.05, 4.69) is 21.7 Å². The fraction of sp³-hybridized carbons (Fsp3) is 0.778. The van der Waals surface area contributed by atoms with E-state index in [0.717, 1.165) is 37.7 Å². The summed E-state index contributed by atoms with van der Waals surface area (Å²) >= 11 is 0. The first-order valence-corrected chi connectivity index (χ1v) is 9.12. The number of likely N-dealkylation sites (tertiary alicyclic amines) is 1. The van der Waals surface area contributed by atoms with Crippen molar-refractivity contribution in [2.45, 2.75) is 39.5 Å². The summed E-state index contributed by atoms with van der Waals surface area (Å²) < 4.78 is 0. The lowest BCUT2D eigenvalue weighted by atomic mass is 9.95. The van der Waals surface area contributed by atoms with Crippen LogP contribution in [0, 0.1) is 18.8 Å². The second-order valence-corrected chi connectivity index (χ2v) is 7.09. The predicted octanol–water partition coefficient (Wildman–Crippen LogP) is 1.88. The Labute approximate surface area is 139 Å². The molecule has 2 atom stereocenters. The highest BCUT2D eigenvalue weighted by Gasteiger charge is 2.35. The van der Waals surface area contributed by atoms with E-state index in [4.69, 9.17) is 4.98 Å². The molecule has 1 aromatic heterocycles. The van der Waals surface area contributed by atoms with Crippen molar-refractivity contribution in [3.63, 3.8) is 0 Å². The van der Waals surface area contributed by atoms with Crippen LogP contribution in [-0.2, 0) is 6.42 Å². The Hall–Kier alpha value is -1.20. The molecule has 128 valence electrons. The topological polar surface area (TPSA) is 52.5 Å². The average Bonchev–Trinajstić information content (AvgIpc) is 2.98. The van der Waals surface area contributed by atoms with Crippen LogP contribution in [0.5, 0.6) is 0 Å². The molecule has 1 aromatic rings. The van der Waals surface area contributed by atoms with Crippen LogP contribution >= 0.6 is 0 Å². The van der Waals surface area contributed by atoms with Crippen LogP contribution < -0.4 is 4.90 Å². The van der Waals surface area contributed by atoms with Gasteiger partial charge in [0.2, 0.25) is 0 Å². The maximum absolute atomic E-state index is 9.83. The van der Waals surface area contributed by atoms with Gasteiger partial charge in [0, 0.05) is 43.9 Å². The summed E-state index contributed by atoms with van der Waals surface area (Å²) in [4.78, 5) is 14.0. The van der Waals surface area contributed by atoms with Gasteiger partial charge in [-0.15, -0.1) is 0 Å². The lowest BCUT2D eigenvalue weighted by Crippen LogP contribution is -2.37.